The number of benzene rings is 1. The smallest absolute Gasteiger partial charge is 0.243 e. The minimum Gasteiger partial charge on any atom is -0.351 e. The van der Waals surface area contributed by atoms with Gasteiger partial charge in [0, 0.05) is 46.8 Å². The van der Waals surface area contributed by atoms with Gasteiger partial charge in [-0.2, -0.15) is 0 Å². The zero-order valence-electron chi connectivity index (χ0n) is 29.4. The van der Waals surface area contributed by atoms with Crippen LogP contribution in [0.1, 0.15) is 86.6 Å². The lowest BCUT2D eigenvalue weighted by Crippen LogP contribution is -2.49. The van der Waals surface area contributed by atoms with Gasteiger partial charge >= 0.3 is 0 Å². The summed E-state index contributed by atoms with van der Waals surface area (Å²) in [6.45, 7) is 17.8. The second-order valence-corrected chi connectivity index (χ2v) is 15.8. The van der Waals surface area contributed by atoms with Gasteiger partial charge in [-0.3, -0.25) is 24.8 Å². The number of carbonyl (C=O) groups is 3. The molecule has 3 aliphatic rings. The minimum atomic E-state index is -0.227. The highest BCUT2D eigenvalue weighted by molar-refractivity contribution is 6.35. The van der Waals surface area contributed by atoms with Crippen molar-refractivity contribution >= 4 is 40.7 Å². The first-order chi connectivity index (χ1) is 22.2. The maximum atomic E-state index is 13.6. The zero-order chi connectivity index (χ0) is 34.6. The van der Waals surface area contributed by atoms with Crippen LogP contribution in [0.25, 0.3) is 0 Å². The van der Waals surface area contributed by atoms with Crippen molar-refractivity contribution in [1.82, 2.24) is 15.3 Å². The molecule has 8 heteroatoms. The Labute approximate surface area is 292 Å². The standard InChI is InChI=1S/C39H53Cl2N3O3/c1-23(2)27-10-13-35(45)32(17-27)38(25(5)6)30-15-16-43(39(26(7)8)33-18-28(24(3)4)11-14-36(33)46)22-44(21-30)42-37(47)19-29-9-12-31(40)20-34(29)41/h9,12,15-18,20-21,23-28,38-39H,10-11,13-14,19,22H2,1-8H3,(H,42,47). The molecule has 6 nitrogen and oxygen atoms in total. The van der Waals surface area contributed by atoms with Crippen molar-refractivity contribution in [3.8, 4) is 0 Å². The fraction of sp³-hybridized carbons (Fsp3) is 0.564. The molecule has 4 atom stereocenters. The lowest BCUT2D eigenvalue weighted by molar-refractivity contribution is -0.125. The zero-order valence-corrected chi connectivity index (χ0v) is 30.9. The van der Waals surface area contributed by atoms with Gasteiger partial charge in [-0.15, -0.1) is 0 Å². The summed E-state index contributed by atoms with van der Waals surface area (Å²) < 4.78 is 0. The van der Waals surface area contributed by atoms with Crippen molar-refractivity contribution in [2.45, 2.75) is 93.5 Å². The average Bonchev–Trinajstić information content (AvgIpc) is 3.18. The summed E-state index contributed by atoms with van der Waals surface area (Å²) in [4.78, 5) is 42.6. The van der Waals surface area contributed by atoms with E-state index in [-0.39, 0.29) is 47.7 Å². The van der Waals surface area contributed by atoms with Gasteiger partial charge in [-0.25, -0.2) is 0 Å². The first-order valence-electron chi connectivity index (χ1n) is 17.3. The molecule has 1 aromatic rings. The maximum absolute atomic E-state index is 13.6. The van der Waals surface area contributed by atoms with E-state index in [0.29, 0.717) is 58.8 Å². The predicted molar refractivity (Wildman–Crippen MR) is 192 cm³/mol. The third-order valence-electron chi connectivity index (χ3n) is 9.94. The normalized spacial score (nSPS) is 22.0. The van der Waals surface area contributed by atoms with Crippen LogP contribution in [-0.2, 0) is 20.8 Å². The van der Waals surface area contributed by atoms with E-state index in [4.69, 9.17) is 23.2 Å². The molecule has 4 rings (SSSR count). The number of halogens is 2. The highest BCUT2D eigenvalue weighted by Gasteiger charge is 2.36. The number of allylic oxidation sites excluding steroid dienone is 5. The molecule has 0 bridgehead atoms. The van der Waals surface area contributed by atoms with Gasteiger partial charge in [0.25, 0.3) is 0 Å². The first kappa shape index (κ1) is 37.0. The number of amides is 1. The number of carbonyl (C=O) groups excluding carboxylic acids is 3. The lowest BCUT2D eigenvalue weighted by atomic mass is 9.73. The summed E-state index contributed by atoms with van der Waals surface area (Å²) in [6.07, 6.45) is 13.4. The summed E-state index contributed by atoms with van der Waals surface area (Å²) >= 11 is 12.5. The lowest BCUT2D eigenvalue weighted by Gasteiger charge is -2.39. The van der Waals surface area contributed by atoms with E-state index in [1.807, 2.05) is 11.2 Å². The molecule has 1 aliphatic heterocycles. The van der Waals surface area contributed by atoms with E-state index < -0.39 is 0 Å². The number of hydrogen-bond acceptors (Lipinski definition) is 5. The highest BCUT2D eigenvalue weighted by atomic mass is 35.5. The van der Waals surface area contributed by atoms with Gasteiger partial charge in [0.2, 0.25) is 5.91 Å². The third-order valence-corrected chi connectivity index (χ3v) is 10.5. The van der Waals surface area contributed by atoms with Crippen molar-refractivity contribution in [3.63, 3.8) is 0 Å². The van der Waals surface area contributed by atoms with E-state index in [1.165, 1.54) is 0 Å². The monoisotopic (exact) mass is 681 g/mol. The summed E-state index contributed by atoms with van der Waals surface area (Å²) in [7, 11) is 0. The van der Waals surface area contributed by atoms with Crippen LogP contribution >= 0.6 is 23.2 Å². The molecule has 256 valence electrons. The van der Waals surface area contributed by atoms with Crippen LogP contribution in [0.2, 0.25) is 10.0 Å². The molecule has 1 heterocycles. The summed E-state index contributed by atoms with van der Waals surface area (Å²) in [5.74, 6) is 1.85. The van der Waals surface area contributed by atoms with E-state index in [2.05, 4.69) is 90.1 Å². The predicted octanol–water partition coefficient (Wildman–Crippen LogP) is 8.96. The number of ketones is 2. The Hall–Kier alpha value is -2.83. The van der Waals surface area contributed by atoms with E-state index in [0.717, 1.165) is 29.6 Å². The molecule has 0 fully saturated rings. The van der Waals surface area contributed by atoms with Gasteiger partial charge in [0.05, 0.1) is 12.5 Å². The van der Waals surface area contributed by atoms with Crippen LogP contribution in [0.3, 0.4) is 0 Å². The number of hydrogen-bond donors (Lipinski definition) is 1. The highest BCUT2D eigenvalue weighted by Crippen LogP contribution is 2.38. The molecule has 0 spiro atoms. The van der Waals surface area contributed by atoms with Crippen molar-refractivity contribution in [3.05, 3.63) is 81.2 Å². The number of hydrazine groups is 1. The average molecular weight is 683 g/mol. The van der Waals surface area contributed by atoms with Crippen molar-refractivity contribution in [2.24, 2.45) is 41.4 Å². The second kappa shape index (κ2) is 16.0. The van der Waals surface area contributed by atoms with Crippen LogP contribution in [0, 0.1) is 41.4 Å². The van der Waals surface area contributed by atoms with Crippen LogP contribution in [0.5, 0.6) is 0 Å². The van der Waals surface area contributed by atoms with Gasteiger partial charge in [0.1, 0.15) is 6.67 Å². The maximum Gasteiger partial charge on any atom is 0.243 e. The molecule has 1 aromatic carbocycles. The Balaban J connectivity index is 1.76. The first-order valence-corrected chi connectivity index (χ1v) is 18.1. The molecule has 0 radical (unpaired) electrons. The minimum absolute atomic E-state index is 0.0732. The number of nitrogens with zero attached hydrogens (tertiary/aromatic N) is 2. The molecular weight excluding hydrogens is 629 g/mol. The molecule has 1 amide bonds. The molecule has 0 saturated heterocycles. The third kappa shape index (κ3) is 9.20. The fourth-order valence-corrected chi connectivity index (χ4v) is 7.75. The fourth-order valence-electron chi connectivity index (χ4n) is 7.27. The number of nitrogens with one attached hydrogen (secondary N) is 1. The Morgan fingerprint density at radius 2 is 1.47 bits per heavy atom. The molecule has 47 heavy (non-hydrogen) atoms. The van der Waals surface area contributed by atoms with Crippen molar-refractivity contribution < 1.29 is 14.4 Å². The summed E-state index contributed by atoms with van der Waals surface area (Å²) in [5, 5.41) is 2.76. The molecule has 1 N–H and O–H groups in total. The summed E-state index contributed by atoms with van der Waals surface area (Å²) in [5.41, 5.74) is 6.45. The van der Waals surface area contributed by atoms with Crippen LogP contribution in [0.4, 0.5) is 0 Å². The van der Waals surface area contributed by atoms with E-state index in [9.17, 15) is 14.4 Å². The number of Topliss-reactive ketones (excluding diaryl/α,β-unsaturated/α-hetero) is 2. The molecule has 0 saturated carbocycles. The molecule has 2 aliphatic carbocycles. The van der Waals surface area contributed by atoms with Gasteiger partial charge < -0.3 is 4.90 Å². The van der Waals surface area contributed by atoms with E-state index >= 15 is 0 Å². The molecular formula is C39H53Cl2N3O3. The van der Waals surface area contributed by atoms with Crippen LogP contribution < -0.4 is 5.43 Å². The SMILES string of the molecule is CC(C)C1C=C(C(C2=CN(NC(=O)Cc3ccc(Cl)cc3Cl)CN(C(C3=CC(C(C)C)CCC3=O)C(C)C)C=C2)C(C)C)C(=O)CC1. The van der Waals surface area contributed by atoms with Crippen LogP contribution in [-0.4, -0.2) is 40.1 Å². The van der Waals surface area contributed by atoms with Gasteiger partial charge in [-0.1, -0.05) is 96.8 Å². The number of rotatable bonds is 11. The topological polar surface area (TPSA) is 69.7 Å². The Morgan fingerprint density at radius 1 is 0.872 bits per heavy atom. The second-order valence-electron chi connectivity index (χ2n) is 14.9. The largest absolute Gasteiger partial charge is 0.351 e. The Bertz CT molecular complexity index is 1450. The van der Waals surface area contributed by atoms with Crippen LogP contribution in [0.15, 0.2) is 65.5 Å². The molecule has 0 aromatic heterocycles. The van der Waals surface area contributed by atoms with Crippen molar-refractivity contribution in [1.29, 1.82) is 0 Å². The quantitative estimate of drug-likeness (QED) is 0.253. The Kier molecular flexibility index (Phi) is 12.6. The summed E-state index contributed by atoms with van der Waals surface area (Å²) in [6, 6.07) is 4.95. The van der Waals surface area contributed by atoms with Gasteiger partial charge in [-0.05, 0) is 83.3 Å². The Morgan fingerprint density at radius 3 is 2.02 bits per heavy atom. The molecule has 4 unspecified atom stereocenters. The van der Waals surface area contributed by atoms with E-state index in [1.54, 1.807) is 18.2 Å². The van der Waals surface area contributed by atoms with Crippen molar-refractivity contribution in [2.75, 3.05) is 6.67 Å². The van der Waals surface area contributed by atoms with Gasteiger partial charge in [0.15, 0.2) is 11.6 Å².